The van der Waals surface area contributed by atoms with Crippen LogP contribution in [0.2, 0.25) is 18.1 Å². The summed E-state index contributed by atoms with van der Waals surface area (Å²) < 4.78 is 6.88. The molecule has 0 bridgehead atoms. The predicted octanol–water partition coefficient (Wildman–Crippen LogP) is 7.65. The molecular formula is C26H51NO2Si. The Morgan fingerprint density at radius 3 is 2.23 bits per heavy atom. The lowest BCUT2D eigenvalue weighted by Gasteiger charge is -2.41. The Kier molecular flexibility index (Phi) is 13.8. The van der Waals surface area contributed by atoms with Crippen LogP contribution in [0.5, 0.6) is 0 Å². The summed E-state index contributed by atoms with van der Waals surface area (Å²) in [5.74, 6) is 0.831. The number of carbonyl (C=O) groups is 1. The van der Waals surface area contributed by atoms with E-state index >= 15 is 0 Å². The normalized spacial score (nSPS) is 15.3. The van der Waals surface area contributed by atoms with Gasteiger partial charge in [0.25, 0.3) is 0 Å². The summed E-state index contributed by atoms with van der Waals surface area (Å²) in [7, 11) is -1.82. The monoisotopic (exact) mass is 437 g/mol. The zero-order valence-electron chi connectivity index (χ0n) is 21.4. The standard InChI is InChI=1S/C26H51NO2Si/c1-11-14-16-23(13-3)25(28)27-20-15-17-22(12-2)24(19-18-21(4)5)29-30(9,10)26(6,7)8/h11,22-24H,1,4,12-20H2,2-3,5-10H3,(H,27,28)/t22-,23+,24+/m0/s1. The van der Waals surface area contributed by atoms with Crippen LogP contribution in [0.3, 0.4) is 0 Å². The zero-order chi connectivity index (χ0) is 23.4. The third-order valence-electron chi connectivity index (χ3n) is 6.79. The first kappa shape index (κ1) is 29.1. The fourth-order valence-corrected chi connectivity index (χ4v) is 4.97. The first-order valence-corrected chi connectivity index (χ1v) is 15.0. The van der Waals surface area contributed by atoms with Crippen molar-refractivity contribution >= 4 is 14.2 Å². The minimum Gasteiger partial charge on any atom is -0.414 e. The molecule has 0 spiro atoms. The van der Waals surface area contributed by atoms with Crippen LogP contribution in [0.1, 0.15) is 92.9 Å². The molecule has 0 aliphatic rings. The Bertz CT molecular complexity index is 522. The van der Waals surface area contributed by atoms with Gasteiger partial charge in [-0.2, -0.15) is 0 Å². The van der Waals surface area contributed by atoms with E-state index in [4.69, 9.17) is 4.43 Å². The lowest BCUT2D eigenvalue weighted by molar-refractivity contribution is -0.125. The maximum Gasteiger partial charge on any atom is 0.223 e. The third-order valence-corrected chi connectivity index (χ3v) is 11.3. The van der Waals surface area contributed by atoms with Crippen LogP contribution >= 0.6 is 0 Å². The Hall–Kier alpha value is -0.873. The van der Waals surface area contributed by atoms with Crippen molar-refractivity contribution in [3.8, 4) is 0 Å². The van der Waals surface area contributed by atoms with Crippen molar-refractivity contribution in [2.24, 2.45) is 11.8 Å². The van der Waals surface area contributed by atoms with E-state index < -0.39 is 8.32 Å². The molecule has 3 nitrogen and oxygen atoms in total. The lowest BCUT2D eigenvalue weighted by atomic mass is 9.90. The van der Waals surface area contributed by atoms with E-state index in [1.807, 2.05) is 6.08 Å². The molecule has 30 heavy (non-hydrogen) atoms. The molecule has 176 valence electrons. The Labute approximate surface area is 189 Å². The number of hydrogen-bond donors (Lipinski definition) is 1. The molecule has 0 fully saturated rings. The number of amides is 1. The molecule has 1 N–H and O–H groups in total. The van der Waals surface area contributed by atoms with Crippen LogP contribution in [0.15, 0.2) is 24.8 Å². The largest absolute Gasteiger partial charge is 0.414 e. The molecule has 0 aromatic carbocycles. The molecule has 0 saturated carbocycles. The van der Waals surface area contributed by atoms with Gasteiger partial charge >= 0.3 is 0 Å². The molecule has 0 rings (SSSR count). The van der Waals surface area contributed by atoms with E-state index in [9.17, 15) is 4.79 Å². The smallest absolute Gasteiger partial charge is 0.223 e. The van der Waals surface area contributed by atoms with Crippen molar-refractivity contribution in [2.75, 3.05) is 6.54 Å². The van der Waals surface area contributed by atoms with Gasteiger partial charge in [-0.1, -0.05) is 52.7 Å². The fraction of sp³-hybridized carbons (Fsp3) is 0.808. The van der Waals surface area contributed by atoms with E-state index in [0.29, 0.717) is 5.92 Å². The van der Waals surface area contributed by atoms with Gasteiger partial charge in [0, 0.05) is 18.6 Å². The van der Waals surface area contributed by atoms with Gasteiger partial charge in [0.1, 0.15) is 0 Å². The van der Waals surface area contributed by atoms with Crippen molar-refractivity contribution in [3.05, 3.63) is 24.8 Å². The predicted molar refractivity (Wildman–Crippen MR) is 135 cm³/mol. The van der Waals surface area contributed by atoms with Gasteiger partial charge in [0.2, 0.25) is 5.91 Å². The van der Waals surface area contributed by atoms with Crippen LogP contribution in [-0.4, -0.2) is 26.9 Å². The topological polar surface area (TPSA) is 38.3 Å². The molecule has 0 unspecified atom stereocenters. The third kappa shape index (κ3) is 10.9. The summed E-state index contributed by atoms with van der Waals surface area (Å²) in [6, 6.07) is 0. The van der Waals surface area contributed by atoms with Crippen molar-refractivity contribution < 1.29 is 9.22 Å². The molecule has 0 radical (unpaired) electrons. The molecule has 0 aliphatic carbocycles. The van der Waals surface area contributed by atoms with E-state index in [-0.39, 0.29) is 23.0 Å². The minimum absolute atomic E-state index is 0.107. The summed E-state index contributed by atoms with van der Waals surface area (Å²) >= 11 is 0. The Morgan fingerprint density at radius 1 is 1.13 bits per heavy atom. The van der Waals surface area contributed by atoms with Gasteiger partial charge < -0.3 is 9.74 Å². The van der Waals surface area contributed by atoms with Crippen molar-refractivity contribution in [1.82, 2.24) is 5.32 Å². The number of nitrogens with one attached hydrogen (secondary N) is 1. The Balaban J connectivity index is 4.87. The molecule has 4 heteroatoms. The molecular weight excluding hydrogens is 386 g/mol. The van der Waals surface area contributed by atoms with Gasteiger partial charge in [-0.05, 0) is 75.9 Å². The highest BCUT2D eigenvalue weighted by atomic mass is 28.4. The summed E-state index contributed by atoms with van der Waals surface area (Å²) in [4.78, 5) is 12.4. The summed E-state index contributed by atoms with van der Waals surface area (Å²) in [6.07, 6.45) is 10.1. The maximum atomic E-state index is 12.4. The first-order chi connectivity index (χ1) is 13.9. The second-order valence-corrected chi connectivity index (χ2v) is 15.2. The van der Waals surface area contributed by atoms with Crippen LogP contribution in [0.25, 0.3) is 0 Å². The zero-order valence-corrected chi connectivity index (χ0v) is 22.4. The average molecular weight is 438 g/mol. The van der Waals surface area contributed by atoms with Gasteiger partial charge in [0.05, 0.1) is 0 Å². The molecule has 0 aliphatic heterocycles. The second kappa shape index (κ2) is 14.2. The van der Waals surface area contributed by atoms with E-state index in [0.717, 1.165) is 57.9 Å². The average Bonchev–Trinajstić information content (AvgIpc) is 2.65. The second-order valence-electron chi connectivity index (χ2n) is 10.5. The number of allylic oxidation sites excluding steroid dienone is 2. The highest BCUT2D eigenvalue weighted by molar-refractivity contribution is 6.74. The first-order valence-electron chi connectivity index (χ1n) is 12.1. The van der Waals surface area contributed by atoms with Gasteiger partial charge in [-0.3, -0.25) is 4.79 Å². The molecule has 0 saturated heterocycles. The van der Waals surface area contributed by atoms with Gasteiger partial charge in [-0.15, -0.1) is 13.2 Å². The number of hydrogen-bond acceptors (Lipinski definition) is 2. The fourth-order valence-electron chi connectivity index (χ4n) is 3.55. The van der Waals surface area contributed by atoms with Crippen molar-refractivity contribution in [3.63, 3.8) is 0 Å². The Morgan fingerprint density at radius 2 is 1.77 bits per heavy atom. The SMILES string of the molecule is C=CCC[C@@H](CC)C(=O)NCCC[C@H](CC)[C@@H](CCC(=C)C)O[Si](C)(C)C(C)(C)C. The molecule has 1 amide bonds. The summed E-state index contributed by atoms with van der Waals surface area (Å²) in [5.41, 5.74) is 1.23. The lowest BCUT2D eigenvalue weighted by Crippen LogP contribution is -2.46. The highest BCUT2D eigenvalue weighted by Gasteiger charge is 2.40. The van der Waals surface area contributed by atoms with Crippen LogP contribution in [0.4, 0.5) is 0 Å². The molecule has 0 aromatic heterocycles. The minimum atomic E-state index is -1.82. The molecule has 0 aromatic rings. The summed E-state index contributed by atoms with van der Waals surface area (Å²) in [5, 5.41) is 3.37. The van der Waals surface area contributed by atoms with Gasteiger partial charge in [0.15, 0.2) is 8.32 Å². The van der Waals surface area contributed by atoms with Crippen LogP contribution in [0, 0.1) is 11.8 Å². The van der Waals surface area contributed by atoms with Crippen molar-refractivity contribution in [1.29, 1.82) is 0 Å². The maximum absolute atomic E-state index is 12.4. The van der Waals surface area contributed by atoms with E-state index in [1.54, 1.807) is 0 Å². The summed E-state index contributed by atoms with van der Waals surface area (Å²) in [6.45, 7) is 26.7. The van der Waals surface area contributed by atoms with E-state index in [2.05, 4.69) is 73.1 Å². The quantitative estimate of drug-likeness (QED) is 0.153. The molecule has 3 atom stereocenters. The number of rotatable bonds is 16. The van der Waals surface area contributed by atoms with E-state index in [1.165, 1.54) is 5.57 Å². The van der Waals surface area contributed by atoms with Crippen LogP contribution < -0.4 is 5.32 Å². The molecule has 0 heterocycles. The number of carbonyl (C=O) groups excluding carboxylic acids is 1. The van der Waals surface area contributed by atoms with Crippen molar-refractivity contribution in [2.45, 2.75) is 117 Å². The highest BCUT2D eigenvalue weighted by Crippen LogP contribution is 2.39. The van der Waals surface area contributed by atoms with Gasteiger partial charge in [-0.25, -0.2) is 0 Å². The van der Waals surface area contributed by atoms with Crippen LogP contribution in [-0.2, 0) is 9.22 Å².